The molecule has 1 fully saturated rings. The van der Waals surface area contributed by atoms with E-state index in [-0.39, 0.29) is 5.82 Å². The lowest BCUT2D eigenvalue weighted by Crippen LogP contribution is -2.44. The van der Waals surface area contributed by atoms with Crippen molar-refractivity contribution in [1.82, 2.24) is 25.3 Å². The normalized spacial score (nSPS) is 14.0. The zero-order valence-corrected chi connectivity index (χ0v) is 17.9. The van der Waals surface area contributed by atoms with Crippen LogP contribution in [0.4, 0.5) is 30.5 Å². The minimum atomic E-state index is -1.33. The Balaban J connectivity index is 1.58. The van der Waals surface area contributed by atoms with Crippen molar-refractivity contribution in [3.8, 4) is 11.4 Å². The van der Waals surface area contributed by atoms with Gasteiger partial charge >= 0.3 is 0 Å². The van der Waals surface area contributed by atoms with Gasteiger partial charge in [-0.2, -0.15) is 0 Å². The third kappa shape index (κ3) is 4.14. The summed E-state index contributed by atoms with van der Waals surface area (Å²) in [7, 11) is 0. The molecule has 2 N–H and O–H groups in total. The molecular weight excluding hydrogens is 455 g/mol. The third-order valence-electron chi connectivity index (χ3n) is 5.27. The van der Waals surface area contributed by atoms with Gasteiger partial charge in [-0.05, 0) is 24.3 Å². The number of benzene rings is 1. The number of pyridine rings is 2. The maximum Gasteiger partial charge on any atom is 0.185 e. The van der Waals surface area contributed by atoms with Crippen LogP contribution in [0, 0.1) is 17.5 Å². The van der Waals surface area contributed by atoms with Crippen LogP contribution >= 0.6 is 11.6 Å². The van der Waals surface area contributed by atoms with Gasteiger partial charge < -0.3 is 15.5 Å². The lowest BCUT2D eigenvalue weighted by Gasteiger charge is -2.29. The molecule has 0 saturated carbocycles. The second-order valence-corrected chi connectivity index (χ2v) is 7.80. The summed E-state index contributed by atoms with van der Waals surface area (Å²) in [5, 5.41) is 6.96. The standard InChI is InChI=1S/C22H17ClF3N7/c23-13-10-28-11-16-18(13)22(33-7-5-27-6-8-33)32-21(30-16)12-3-4-29-17(9-12)31-20-15(25)2-1-14(24)19(20)26/h1-4,9-11,27H,5-8H2,(H,29,31). The molecule has 0 spiro atoms. The smallest absolute Gasteiger partial charge is 0.185 e. The highest BCUT2D eigenvalue weighted by Gasteiger charge is 2.20. The van der Waals surface area contributed by atoms with Crippen LogP contribution in [0.1, 0.15) is 0 Å². The highest BCUT2D eigenvalue weighted by molar-refractivity contribution is 6.36. The minimum absolute atomic E-state index is 0.104. The van der Waals surface area contributed by atoms with Crippen molar-refractivity contribution in [2.24, 2.45) is 0 Å². The number of piperazine rings is 1. The van der Waals surface area contributed by atoms with Crippen molar-refractivity contribution < 1.29 is 13.2 Å². The summed E-state index contributed by atoms with van der Waals surface area (Å²) in [6, 6.07) is 4.77. The molecule has 0 amide bonds. The first-order valence-electron chi connectivity index (χ1n) is 10.1. The first kappa shape index (κ1) is 21.4. The van der Waals surface area contributed by atoms with Gasteiger partial charge in [-0.1, -0.05) is 11.6 Å². The van der Waals surface area contributed by atoms with E-state index >= 15 is 0 Å². The zero-order chi connectivity index (χ0) is 22.9. The van der Waals surface area contributed by atoms with Gasteiger partial charge in [-0.15, -0.1) is 0 Å². The van der Waals surface area contributed by atoms with E-state index in [1.54, 1.807) is 18.5 Å². The largest absolute Gasteiger partial charge is 0.353 e. The number of halogens is 4. The van der Waals surface area contributed by atoms with E-state index < -0.39 is 23.1 Å². The van der Waals surface area contributed by atoms with E-state index in [0.717, 1.165) is 38.3 Å². The summed E-state index contributed by atoms with van der Waals surface area (Å²) in [5.41, 5.74) is 0.481. The maximum atomic E-state index is 14.1. The fourth-order valence-corrected chi connectivity index (χ4v) is 3.91. The van der Waals surface area contributed by atoms with E-state index in [1.807, 2.05) is 0 Å². The molecule has 0 bridgehead atoms. The van der Waals surface area contributed by atoms with E-state index in [2.05, 4.69) is 30.5 Å². The molecule has 33 heavy (non-hydrogen) atoms. The number of rotatable bonds is 4. The second-order valence-electron chi connectivity index (χ2n) is 7.40. The number of fused-ring (bicyclic) bond motifs is 1. The molecule has 3 aromatic heterocycles. The molecule has 1 aliphatic rings. The van der Waals surface area contributed by atoms with Gasteiger partial charge in [0.25, 0.3) is 0 Å². The summed E-state index contributed by atoms with van der Waals surface area (Å²) < 4.78 is 41.7. The number of hydrogen-bond acceptors (Lipinski definition) is 7. The van der Waals surface area contributed by atoms with E-state index in [1.165, 1.54) is 12.3 Å². The Morgan fingerprint density at radius 3 is 2.61 bits per heavy atom. The maximum absolute atomic E-state index is 14.1. The molecule has 1 aromatic carbocycles. The predicted octanol–water partition coefficient (Wildman–Crippen LogP) is 4.31. The Hall–Kier alpha value is -3.50. The molecule has 5 rings (SSSR count). The van der Waals surface area contributed by atoms with Crippen LogP contribution in [0.5, 0.6) is 0 Å². The Labute approximate surface area is 191 Å². The van der Waals surface area contributed by atoms with E-state index in [9.17, 15) is 13.2 Å². The summed E-state index contributed by atoms with van der Waals surface area (Å²) in [6.07, 6.45) is 4.60. The second kappa shape index (κ2) is 8.80. The molecule has 7 nitrogen and oxygen atoms in total. The molecule has 1 saturated heterocycles. The Morgan fingerprint density at radius 2 is 1.79 bits per heavy atom. The van der Waals surface area contributed by atoms with Gasteiger partial charge in [0.1, 0.15) is 23.1 Å². The lowest BCUT2D eigenvalue weighted by molar-refractivity contribution is 0.499. The molecule has 0 unspecified atom stereocenters. The van der Waals surface area contributed by atoms with Crippen molar-refractivity contribution in [1.29, 1.82) is 0 Å². The third-order valence-corrected chi connectivity index (χ3v) is 5.56. The summed E-state index contributed by atoms with van der Waals surface area (Å²) in [4.78, 5) is 19.7. The van der Waals surface area contributed by atoms with Crippen molar-refractivity contribution >= 4 is 39.8 Å². The molecule has 1 aliphatic heterocycles. The molecule has 0 atom stereocenters. The van der Waals surface area contributed by atoms with Crippen LogP contribution < -0.4 is 15.5 Å². The number of nitrogens with one attached hydrogen (secondary N) is 2. The van der Waals surface area contributed by atoms with Gasteiger partial charge in [0, 0.05) is 44.1 Å². The molecular formula is C22H17ClF3N7. The topological polar surface area (TPSA) is 78.9 Å². The number of hydrogen-bond donors (Lipinski definition) is 2. The summed E-state index contributed by atoms with van der Waals surface area (Å²) in [5.74, 6) is -2.29. The highest BCUT2D eigenvalue weighted by Crippen LogP contribution is 2.33. The fraction of sp³-hybridized carbons (Fsp3) is 0.182. The van der Waals surface area contributed by atoms with Crippen molar-refractivity contribution in [3.63, 3.8) is 0 Å². The van der Waals surface area contributed by atoms with Crippen LogP contribution in [0.2, 0.25) is 5.02 Å². The van der Waals surface area contributed by atoms with Gasteiger partial charge in [0.2, 0.25) is 0 Å². The molecule has 168 valence electrons. The average molecular weight is 472 g/mol. The predicted molar refractivity (Wildman–Crippen MR) is 120 cm³/mol. The van der Waals surface area contributed by atoms with E-state index in [4.69, 9.17) is 16.6 Å². The molecule has 11 heteroatoms. The lowest BCUT2D eigenvalue weighted by atomic mass is 10.2. The van der Waals surface area contributed by atoms with Crippen LogP contribution in [0.25, 0.3) is 22.3 Å². The van der Waals surface area contributed by atoms with E-state index in [0.29, 0.717) is 33.1 Å². The van der Waals surface area contributed by atoms with Gasteiger partial charge in [0.15, 0.2) is 17.5 Å². The van der Waals surface area contributed by atoms with Crippen LogP contribution in [-0.2, 0) is 0 Å². The number of aromatic nitrogens is 4. The Bertz CT molecular complexity index is 1350. The van der Waals surface area contributed by atoms with Crippen LogP contribution in [0.3, 0.4) is 0 Å². The van der Waals surface area contributed by atoms with Gasteiger partial charge in [0.05, 0.1) is 22.1 Å². The van der Waals surface area contributed by atoms with Gasteiger partial charge in [-0.3, -0.25) is 4.98 Å². The number of anilines is 3. The number of nitrogens with zero attached hydrogens (tertiary/aromatic N) is 5. The van der Waals surface area contributed by atoms with Crippen molar-refractivity contribution in [2.75, 3.05) is 36.4 Å². The molecule has 0 aliphatic carbocycles. The van der Waals surface area contributed by atoms with Crippen molar-refractivity contribution in [2.45, 2.75) is 0 Å². The SMILES string of the molecule is Fc1ccc(F)c(Nc2cc(-c3nc(N4CCNCC4)c4c(Cl)cncc4n3)ccn2)c1F. The van der Waals surface area contributed by atoms with Crippen LogP contribution in [-0.4, -0.2) is 46.1 Å². The highest BCUT2D eigenvalue weighted by atomic mass is 35.5. The average Bonchev–Trinajstić information content (AvgIpc) is 2.84. The Morgan fingerprint density at radius 1 is 1.00 bits per heavy atom. The first-order chi connectivity index (χ1) is 16.0. The summed E-state index contributed by atoms with van der Waals surface area (Å²) in [6.45, 7) is 3.09. The minimum Gasteiger partial charge on any atom is -0.353 e. The fourth-order valence-electron chi connectivity index (χ4n) is 3.67. The molecule has 0 radical (unpaired) electrons. The quantitative estimate of drug-likeness (QED) is 0.429. The first-order valence-corrected chi connectivity index (χ1v) is 10.5. The zero-order valence-electron chi connectivity index (χ0n) is 17.1. The van der Waals surface area contributed by atoms with Gasteiger partial charge in [-0.25, -0.2) is 28.1 Å². The molecule has 4 heterocycles. The van der Waals surface area contributed by atoms with Crippen molar-refractivity contribution in [3.05, 3.63) is 65.3 Å². The summed E-state index contributed by atoms with van der Waals surface area (Å²) >= 11 is 6.43. The Kier molecular flexibility index (Phi) is 5.69. The monoisotopic (exact) mass is 471 g/mol. The van der Waals surface area contributed by atoms with Crippen LogP contribution in [0.15, 0.2) is 42.9 Å². The molecule has 4 aromatic rings.